The molecule has 1 aromatic heterocycles. The molecule has 0 saturated carbocycles. The Kier molecular flexibility index (Phi) is 3.24. The van der Waals surface area contributed by atoms with Crippen molar-refractivity contribution in [1.29, 1.82) is 0 Å². The Hall–Kier alpha value is -1.68. The van der Waals surface area contributed by atoms with Crippen molar-refractivity contribution in [3.05, 3.63) is 63.0 Å². The van der Waals surface area contributed by atoms with E-state index in [1.807, 2.05) is 0 Å². The summed E-state index contributed by atoms with van der Waals surface area (Å²) in [6, 6.07) is 5.78. The minimum atomic E-state index is -0.377. The van der Waals surface area contributed by atoms with E-state index in [4.69, 9.17) is 11.6 Å². The molecule has 3 nitrogen and oxygen atoms in total. The van der Waals surface area contributed by atoms with Crippen molar-refractivity contribution in [2.45, 2.75) is 13.5 Å². The Morgan fingerprint density at radius 1 is 1.41 bits per heavy atom. The van der Waals surface area contributed by atoms with Crippen LogP contribution >= 0.6 is 11.6 Å². The fourth-order valence-corrected chi connectivity index (χ4v) is 1.66. The molecule has 17 heavy (non-hydrogen) atoms. The Balaban J connectivity index is 2.38. The third-order valence-corrected chi connectivity index (χ3v) is 2.73. The highest BCUT2D eigenvalue weighted by atomic mass is 35.5. The highest BCUT2D eigenvalue weighted by Crippen LogP contribution is 2.17. The monoisotopic (exact) mass is 252 g/mol. The predicted octanol–water partition coefficient (Wildman–Crippen LogP) is 2.39. The summed E-state index contributed by atoms with van der Waals surface area (Å²) in [5, 5.41) is 0.430. The molecule has 2 aromatic rings. The topological polar surface area (TPSA) is 34.9 Å². The number of benzene rings is 1. The van der Waals surface area contributed by atoms with E-state index in [0.717, 1.165) is 0 Å². The third kappa shape index (κ3) is 2.71. The van der Waals surface area contributed by atoms with E-state index in [1.165, 1.54) is 22.8 Å². The number of rotatable bonds is 2. The summed E-state index contributed by atoms with van der Waals surface area (Å²) in [4.78, 5) is 15.3. The van der Waals surface area contributed by atoms with Crippen molar-refractivity contribution >= 4 is 11.6 Å². The fourth-order valence-electron chi connectivity index (χ4n) is 1.48. The Labute approximate surface area is 102 Å². The molecular weight excluding hydrogens is 243 g/mol. The van der Waals surface area contributed by atoms with Gasteiger partial charge in [0, 0.05) is 16.9 Å². The van der Waals surface area contributed by atoms with E-state index in [-0.39, 0.29) is 18.1 Å². The van der Waals surface area contributed by atoms with E-state index in [0.29, 0.717) is 16.3 Å². The van der Waals surface area contributed by atoms with Crippen LogP contribution in [0.25, 0.3) is 0 Å². The van der Waals surface area contributed by atoms with Gasteiger partial charge in [0.15, 0.2) is 0 Å². The second-order valence-corrected chi connectivity index (χ2v) is 4.12. The van der Waals surface area contributed by atoms with Gasteiger partial charge in [-0.15, -0.1) is 0 Å². The Morgan fingerprint density at radius 2 is 2.18 bits per heavy atom. The van der Waals surface area contributed by atoms with Crippen LogP contribution in [0.4, 0.5) is 4.39 Å². The summed E-state index contributed by atoms with van der Waals surface area (Å²) in [6.45, 7) is 1.95. The second-order valence-electron chi connectivity index (χ2n) is 3.72. The van der Waals surface area contributed by atoms with Crippen molar-refractivity contribution in [3.63, 3.8) is 0 Å². The van der Waals surface area contributed by atoms with E-state index in [2.05, 4.69) is 4.98 Å². The van der Waals surface area contributed by atoms with Crippen molar-refractivity contribution in [2.24, 2.45) is 0 Å². The second kappa shape index (κ2) is 4.67. The molecule has 2 rings (SSSR count). The van der Waals surface area contributed by atoms with Gasteiger partial charge in [0.2, 0.25) is 0 Å². The van der Waals surface area contributed by atoms with Crippen LogP contribution < -0.4 is 5.69 Å². The molecule has 0 saturated heterocycles. The predicted molar refractivity (Wildman–Crippen MR) is 63.7 cm³/mol. The first-order valence-electron chi connectivity index (χ1n) is 5.04. The van der Waals surface area contributed by atoms with Crippen LogP contribution in [0.3, 0.4) is 0 Å². The maximum absolute atomic E-state index is 13.1. The molecular formula is C12H10ClFN2O. The Bertz CT molecular complexity index is 610. The molecule has 0 bridgehead atoms. The van der Waals surface area contributed by atoms with Gasteiger partial charge in [-0.2, -0.15) is 4.98 Å². The van der Waals surface area contributed by atoms with Gasteiger partial charge < -0.3 is 0 Å². The van der Waals surface area contributed by atoms with Gasteiger partial charge in [-0.3, -0.25) is 4.57 Å². The van der Waals surface area contributed by atoms with Gasteiger partial charge in [-0.05, 0) is 36.8 Å². The number of aromatic nitrogens is 2. The van der Waals surface area contributed by atoms with Crippen molar-refractivity contribution in [2.75, 3.05) is 0 Å². The molecule has 0 N–H and O–H groups in total. The van der Waals surface area contributed by atoms with E-state index in [1.54, 1.807) is 19.2 Å². The van der Waals surface area contributed by atoms with Crippen LogP contribution in [0.5, 0.6) is 0 Å². The molecule has 0 spiro atoms. The SMILES string of the molecule is Cc1ccn(Cc2cc(F)ccc2Cl)c(=O)n1. The smallest absolute Gasteiger partial charge is 0.295 e. The number of hydrogen-bond donors (Lipinski definition) is 0. The molecule has 0 aliphatic heterocycles. The Morgan fingerprint density at radius 3 is 2.88 bits per heavy atom. The van der Waals surface area contributed by atoms with Crippen LogP contribution in [-0.4, -0.2) is 9.55 Å². The number of halogens is 2. The maximum Gasteiger partial charge on any atom is 0.348 e. The first kappa shape index (κ1) is 11.8. The summed E-state index contributed by atoms with van der Waals surface area (Å²) in [5.74, 6) is -0.377. The molecule has 88 valence electrons. The normalized spacial score (nSPS) is 10.5. The zero-order valence-corrected chi connectivity index (χ0v) is 9.91. The fraction of sp³-hybridized carbons (Fsp3) is 0.167. The van der Waals surface area contributed by atoms with Gasteiger partial charge in [0.25, 0.3) is 0 Å². The third-order valence-electron chi connectivity index (χ3n) is 2.36. The molecule has 0 fully saturated rings. The first-order valence-corrected chi connectivity index (χ1v) is 5.42. The summed E-state index contributed by atoms with van der Waals surface area (Å²) in [6.07, 6.45) is 1.62. The average molecular weight is 253 g/mol. The van der Waals surface area contributed by atoms with Gasteiger partial charge >= 0.3 is 5.69 Å². The van der Waals surface area contributed by atoms with Crippen LogP contribution in [0.1, 0.15) is 11.3 Å². The lowest BCUT2D eigenvalue weighted by atomic mass is 10.2. The lowest BCUT2D eigenvalue weighted by Crippen LogP contribution is -2.23. The minimum Gasteiger partial charge on any atom is -0.295 e. The molecule has 0 aliphatic rings. The molecule has 0 amide bonds. The summed E-state index contributed by atoms with van der Waals surface area (Å²) < 4.78 is 14.4. The molecule has 0 radical (unpaired) electrons. The minimum absolute atomic E-state index is 0.211. The number of nitrogens with zero attached hydrogens (tertiary/aromatic N) is 2. The highest BCUT2D eigenvalue weighted by Gasteiger charge is 2.05. The number of aryl methyl sites for hydroxylation is 1. The van der Waals surface area contributed by atoms with Crippen molar-refractivity contribution < 1.29 is 4.39 Å². The molecule has 1 heterocycles. The average Bonchev–Trinajstić information content (AvgIpc) is 2.27. The standard InChI is InChI=1S/C12H10ClFN2O/c1-8-4-5-16(12(17)15-8)7-9-6-10(14)2-3-11(9)13/h2-6H,7H2,1H3. The van der Waals surface area contributed by atoms with E-state index in [9.17, 15) is 9.18 Å². The molecule has 0 atom stereocenters. The molecule has 5 heteroatoms. The molecule has 0 aliphatic carbocycles. The summed E-state index contributed by atoms with van der Waals surface area (Å²) >= 11 is 5.93. The summed E-state index contributed by atoms with van der Waals surface area (Å²) in [7, 11) is 0. The van der Waals surface area contributed by atoms with Gasteiger partial charge in [0.05, 0.1) is 6.54 Å². The lowest BCUT2D eigenvalue weighted by Gasteiger charge is -2.07. The molecule has 0 unspecified atom stereocenters. The van der Waals surface area contributed by atoms with Crippen LogP contribution in [0.2, 0.25) is 5.02 Å². The maximum atomic E-state index is 13.1. The van der Waals surface area contributed by atoms with Gasteiger partial charge in [-0.1, -0.05) is 11.6 Å². The quantitative estimate of drug-likeness (QED) is 0.823. The van der Waals surface area contributed by atoms with Gasteiger partial charge in [-0.25, -0.2) is 9.18 Å². The van der Waals surface area contributed by atoms with Crippen LogP contribution in [0, 0.1) is 12.7 Å². The zero-order valence-electron chi connectivity index (χ0n) is 9.15. The van der Waals surface area contributed by atoms with Gasteiger partial charge in [0.1, 0.15) is 5.82 Å². The van der Waals surface area contributed by atoms with Crippen LogP contribution in [-0.2, 0) is 6.54 Å². The first-order chi connectivity index (χ1) is 8.06. The van der Waals surface area contributed by atoms with E-state index >= 15 is 0 Å². The van der Waals surface area contributed by atoms with E-state index < -0.39 is 0 Å². The van der Waals surface area contributed by atoms with Crippen molar-refractivity contribution in [1.82, 2.24) is 9.55 Å². The number of hydrogen-bond acceptors (Lipinski definition) is 2. The zero-order chi connectivity index (χ0) is 12.4. The van der Waals surface area contributed by atoms with Crippen molar-refractivity contribution in [3.8, 4) is 0 Å². The molecule has 1 aromatic carbocycles. The highest BCUT2D eigenvalue weighted by molar-refractivity contribution is 6.31. The van der Waals surface area contributed by atoms with Crippen LogP contribution in [0.15, 0.2) is 35.3 Å². The largest absolute Gasteiger partial charge is 0.348 e. The summed E-state index contributed by atoms with van der Waals surface area (Å²) in [5.41, 5.74) is 0.835. The lowest BCUT2D eigenvalue weighted by molar-refractivity contribution is 0.622.